The molecule has 96 valence electrons. The fourth-order valence-electron chi connectivity index (χ4n) is 2.02. The van der Waals surface area contributed by atoms with Gasteiger partial charge in [0, 0.05) is 5.56 Å². The molecule has 0 atom stereocenters. The molecular formula is C16H15NO2. The van der Waals surface area contributed by atoms with Crippen molar-refractivity contribution in [3.05, 3.63) is 58.7 Å². The third kappa shape index (κ3) is 2.75. The minimum Gasteiger partial charge on any atom is -0.456 e. The van der Waals surface area contributed by atoms with E-state index in [1.807, 2.05) is 38.1 Å². The van der Waals surface area contributed by atoms with Crippen molar-refractivity contribution in [3.63, 3.8) is 0 Å². The van der Waals surface area contributed by atoms with Crippen LogP contribution in [0, 0.1) is 25.2 Å². The standard InChI is InChI=1S/C16H15NO2/c1-11-7-13(9-17)8-12(2)16(11)19-15-6-4-3-5-14(15)10-18/h3-8,18H,10H2,1-2H3. The predicted molar refractivity (Wildman–Crippen MR) is 73.1 cm³/mol. The molecule has 0 aliphatic heterocycles. The number of aryl methyl sites for hydroxylation is 2. The minimum absolute atomic E-state index is 0.0649. The van der Waals surface area contributed by atoms with Crippen LogP contribution >= 0.6 is 0 Å². The lowest BCUT2D eigenvalue weighted by molar-refractivity contribution is 0.276. The number of aliphatic hydroxyl groups excluding tert-OH is 1. The van der Waals surface area contributed by atoms with Gasteiger partial charge in [-0.3, -0.25) is 0 Å². The summed E-state index contributed by atoms with van der Waals surface area (Å²) in [5, 5.41) is 18.2. The van der Waals surface area contributed by atoms with Gasteiger partial charge in [0.1, 0.15) is 11.5 Å². The Morgan fingerprint density at radius 3 is 2.37 bits per heavy atom. The van der Waals surface area contributed by atoms with Crippen LogP contribution in [-0.2, 0) is 6.61 Å². The first-order valence-corrected chi connectivity index (χ1v) is 6.03. The Kier molecular flexibility index (Phi) is 3.84. The average molecular weight is 253 g/mol. The molecule has 3 nitrogen and oxygen atoms in total. The first-order valence-electron chi connectivity index (χ1n) is 6.03. The summed E-state index contributed by atoms with van der Waals surface area (Å²) in [6, 6.07) is 13.1. The monoisotopic (exact) mass is 253 g/mol. The molecule has 0 spiro atoms. The van der Waals surface area contributed by atoms with Crippen LogP contribution in [-0.4, -0.2) is 5.11 Å². The second-order valence-corrected chi connectivity index (χ2v) is 4.42. The highest BCUT2D eigenvalue weighted by atomic mass is 16.5. The number of rotatable bonds is 3. The van der Waals surface area contributed by atoms with E-state index in [2.05, 4.69) is 6.07 Å². The summed E-state index contributed by atoms with van der Waals surface area (Å²) in [7, 11) is 0. The Hall–Kier alpha value is -2.31. The van der Waals surface area contributed by atoms with Crippen molar-refractivity contribution in [2.45, 2.75) is 20.5 Å². The summed E-state index contributed by atoms with van der Waals surface area (Å²) in [6.45, 7) is 3.75. The van der Waals surface area contributed by atoms with Crippen LogP contribution < -0.4 is 4.74 Å². The van der Waals surface area contributed by atoms with Crippen molar-refractivity contribution >= 4 is 0 Å². The summed E-state index contributed by atoms with van der Waals surface area (Å²) in [5.41, 5.74) is 3.18. The number of aliphatic hydroxyl groups is 1. The van der Waals surface area contributed by atoms with Crippen molar-refractivity contribution < 1.29 is 9.84 Å². The summed E-state index contributed by atoms with van der Waals surface area (Å²) in [4.78, 5) is 0. The molecule has 2 aromatic carbocycles. The van der Waals surface area contributed by atoms with Gasteiger partial charge in [0.2, 0.25) is 0 Å². The van der Waals surface area contributed by atoms with Gasteiger partial charge in [0.25, 0.3) is 0 Å². The molecule has 0 saturated heterocycles. The van der Waals surface area contributed by atoms with Gasteiger partial charge in [-0.1, -0.05) is 18.2 Å². The van der Waals surface area contributed by atoms with Gasteiger partial charge in [0.15, 0.2) is 0 Å². The van der Waals surface area contributed by atoms with Gasteiger partial charge >= 0.3 is 0 Å². The topological polar surface area (TPSA) is 53.2 Å². The quantitative estimate of drug-likeness (QED) is 0.911. The van der Waals surface area contributed by atoms with Crippen LogP contribution in [0.2, 0.25) is 0 Å². The van der Waals surface area contributed by atoms with Crippen LogP contribution in [0.5, 0.6) is 11.5 Å². The van der Waals surface area contributed by atoms with E-state index in [1.165, 1.54) is 0 Å². The molecule has 2 aromatic rings. The minimum atomic E-state index is -0.0649. The molecule has 0 amide bonds. The largest absolute Gasteiger partial charge is 0.456 e. The van der Waals surface area contributed by atoms with Crippen LogP contribution in [0.4, 0.5) is 0 Å². The highest BCUT2D eigenvalue weighted by molar-refractivity contribution is 5.49. The van der Waals surface area contributed by atoms with Gasteiger partial charge in [-0.25, -0.2) is 0 Å². The number of benzene rings is 2. The van der Waals surface area contributed by atoms with Crippen molar-refractivity contribution in [3.8, 4) is 17.6 Å². The van der Waals surface area contributed by atoms with Gasteiger partial charge in [0.05, 0.1) is 18.2 Å². The van der Waals surface area contributed by atoms with Crippen LogP contribution in [0.15, 0.2) is 36.4 Å². The zero-order valence-electron chi connectivity index (χ0n) is 11.0. The van der Waals surface area contributed by atoms with Crippen molar-refractivity contribution in [1.29, 1.82) is 5.26 Å². The van der Waals surface area contributed by atoms with E-state index in [0.717, 1.165) is 22.4 Å². The van der Waals surface area contributed by atoms with E-state index in [4.69, 9.17) is 10.00 Å². The third-order valence-corrected chi connectivity index (χ3v) is 2.94. The normalized spacial score (nSPS) is 10.0. The lowest BCUT2D eigenvalue weighted by atomic mass is 10.1. The second-order valence-electron chi connectivity index (χ2n) is 4.42. The van der Waals surface area contributed by atoms with Gasteiger partial charge in [-0.15, -0.1) is 0 Å². The van der Waals surface area contributed by atoms with Gasteiger partial charge < -0.3 is 9.84 Å². The zero-order valence-corrected chi connectivity index (χ0v) is 11.0. The Bertz CT molecular complexity index is 618. The van der Waals surface area contributed by atoms with E-state index in [0.29, 0.717) is 11.3 Å². The molecule has 19 heavy (non-hydrogen) atoms. The SMILES string of the molecule is Cc1cc(C#N)cc(C)c1Oc1ccccc1CO. The summed E-state index contributed by atoms with van der Waals surface area (Å²) >= 11 is 0. The number of para-hydroxylation sites is 1. The van der Waals surface area contributed by atoms with E-state index >= 15 is 0 Å². The molecule has 0 fully saturated rings. The van der Waals surface area contributed by atoms with Crippen LogP contribution in [0.3, 0.4) is 0 Å². The number of hydrogen-bond donors (Lipinski definition) is 1. The van der Waals surface area contributed by atoms with Crippen molar-refractivity contribution in [1.82, 2.24) is 0 Å². The van der Waals surface area contributed by atoms with Crippen molar-refractivity contribution in [2.24, 2.45) is 0 Å². The molecule has 0 radical (unpaired) electrons. The predicted octanol–water partition coefficient (Wildman–Crippen LogP) is 3.46. The molecule has 0 aliphatic rings. The second kappa shape index (κ2) is 5.55. The number of hydrogen-bond acceptors (Lipinski definition) is 3. The Balaban J connectivity index is 2.42. The van der Waals surface area contributed by atoms with Crippen molar-refractivity contribution in [2.75, 3.05) is 0 Å². The number of nitriles is 1. The molecule has 2 rings (SSSR count). The Labute approximate surface area is 112 Å². The lowest BCUT2D eigenvalue weighted by Gasteiger charge is -2.14. The highest BCUT2D eigenvalue weighted by Gasteiger charge is 2.09. The average Bonchev–Trinajstić information content (AvgIpc) is 2.43. The molecule has 0 bridgehead atoms. The molecule has 1 N–H and O–H groups in total. The van der Waals surface area contributed by atoms with E-state index < -0.39 is 0 Å². The number of ether oxygens (including phenoxy) is 1. The fraction of sp³-hybridized carbons (Fsp3) is 0.188. The summed E-state index contributed by atoms with van der Waals surface area (Å²) in [6.07, 6.45) is 0. The fourth-order valence-corrected chi connectivity index (χ4v) is 2.02. The Morgan fingerprint density at radius 2 is 1.79 bits per heavy atom. The number of nitrogens with zero attached hydrogens (tertiary/aromatic N) is 1. The molecule has 0 saturated carbocycles. The maximum atomic E-state index is 9.29. The maximum Gasteiger partial charge on any atom is 0.133 e. The van der Waals surface area contributed by atoms with E-state index in [1.54, 1.807) is 12.1 Å². The molecule has 0 heterocycles. The third-order valence-electron chi connectivity index (χ3n) is 2.94. The first-order chi connectivity index (χ1) is 9.15. The maximum absolute atomic E-state index is 9.29. The summed E-state index contributed by atoms with van der Waals surface area (Å²) in [5.74, 6) is 1.38. The zero-order chi connectivity index (χ0) is 13.8. The summed E-state index contributed by atoms with van der Waals surface area (Å²) < 4.78 is 5.89. The molecule has 0 aliphatic carbocycles. The molecule has 3 heteroatoms. The van der Waals surface area contributed by atoms with E-state index in [-0.39, 0.29) is 6.61 Å². The molecular weight excluding hydrogens is 238 g/mol. The van der Waals surface area contributed by atoms with Gasteiger partial charge in [-0.05, 0) is 43.2 Å². The first kappa shape index (κ1) is 13.1. The highest BCUT2D eigenvalue weighted by Crippen LogP contribution is 2.31. The van der Waals surface area contributed by atoms with Gasteiger partial charge in [-0.2, -0.15) is 5.26 Å². The smallest absolute Gasteiger partial charge is 0.133 e. The molecule has 0 unspecified atom stereocenters. The van der Waals surface area contributed by atoms with Crippen LogP contribution in [0.25, 0.3) is 0 Å². The van der Waals surface area contributed by atoms with Crippen LogP contribution in [0.1, 0.15) is 22.3 Å². The van der Waals surface area contributed by atoms with E-state index in [9.17, 15) is 5.11 Å². The Morgan fingerprint density at radius 1 is 1.16 bits per heavy atom. The molecule has 0 aromatic heterocycles. The lowest BCUT2D eigenvalue weighted by Crippen LogP contribution is -1.96.